The van der Waals surface area contributed by atoms with Crippen LogP contribution in [0.25, 0.3) is 0 Å². The monoisotopic (exact) mass is 148 g/mol. The minimum Gasteiger partial charge on any atom is -0.481 e. The predicted molar refractivity (Wildman–Crippen MR) is 34.9 cm³/mol. The highest BCUT2D eigenvalue weighted by Crippen LogP contribution is 1.85. The molecule has 0 aromatic rings. The van der Waals surface area contributed by atoms with E-state index in [4.69, 9.17) is 9.90 Å². The lowest BCUT2D eigenvalue weighted by Crippen LogP contribution is -1.78. The molecule has 0 aromatic heterocycles. The van der Waals surface area contributed by atoms with Crippen molar-refractivity contribution in [2.24, 2.45) is 0 Å². The summed E-state index contributed by atoms with van der Waals surface area (Å²) in [6.07, 6.45) is 0. The lowest BCUT2D eigenvalue weighted by molar-refractivity contribution is -0.134. The third kappa shape index (κ3) is 156. The second-order valence-electron chi connectivity index (χ2n) is 1.74. The van der Waals surface area contributed by atoms with Gasteiger partial charge in [-0.3, -0.25) is 4.79 Å². The molecule has 10 heavy (non-hydrogen) atoms. The second kappa shape index (κ2) is 6.51. The van der Waals surface area contributed by atoms with Crippen molar-refractivity contribution in [2.75, 3.05) is 26.4 Å². The molecule has 0 atom stereocenters. The Labute approximate surface area is 59.7 Å². The van der Waals surface area contributed by atoms with Crippen LogP contribution in [0.4, 0.5) is 0 Å². The summed E-state index contributed by atoms with van der Waals surface area (Å²) >= 11 is 0. The average molecular weight is 148 g/mol. The van der Waals surface area contributed by atoms with Crippen LogP contribution in [0.3, 0.4) is 0 Å². The van der Waals surface area contributed by atoms with Crippen molar-refractivity contribution in [3.05, 3.63) is 0 Å². The predicted octanol–water partition coefficient (Wildman–Crippen LogP) is 0.124. The summed E-state index contributed by atoms with van der Waals surface area (Å²) in [7, 11) is 0. The minimum absolute atomic E-state index is 0.833. The Kier molecular flexibility index (Phi) is 6.11. The molecule has 4 nitrogen and oxygen atoms in total. The fourth-order valence-electron chi connectivity index (χ4n) is 0. The zero-order valence-corrected chi connectivity index (χ0v) is 6.00. The van der Waals surface area contributed by atoms with Gasteiger partial charge in [-0.15, -0.1) is 0 Å². The molecule has 2 aliphatic rings. The molecule has 0 radical (unpaired) electrons. The van der Waals surface area contributed by atoms with Gasteiger partial charge in [0.15, 0.2) is 0 Å². The van der Waals surface area contributed by atoms with Gasteiger partial charge in [-0.1, -0.05) is 0 Å². The van der Waals surface area contributed by atoms with E-state index in [0.717, 1.165) is 33.4 Å². The first kappa shape index (κ1) is 9.39. The molecule has 2 fully saturated rings. The number of rotatable bonds is 0. The molecule has 2 heterocycles. The van der Waals surface area contributed by atoms with E-state index in [1.165, 1.54) is 0 Å². The van der Waals surface area contributed by atoms with Gasteiger partial charge in [-0.05, 0) is 0 Å². The Morgan fingerprint density at radius 1 is 1.20 bits per heavy atom. The molecule has 0 amide bonds. The molecule has 0 aliphatic carbocycles. The molecule has 0 bridgehead atoms. The first-order chi connectivity index (χ1) is 4.73. The molecule has 0 spiro atoms. The molecule has 2 aliphatic heterocycles. The zero-order valence-electron chi connectivity index (χ0n) is 6.00. The van der Waals surface area contributed by atoms with Gasteiger partial charge in [-0.25, -0.2) is 0 Å². The van der Waals surface area contributed by atoms with Crippen molar-refractivity contribution in [3.63, 3.8) is 0 Å². The quantitative estimate of drug-likeness (QED) is 0.496. The third-order valence-electron chi connectivity index (χ3n) is 0.408. The van der Waals surface area contributed by atoms with E-state index in [9.17, 15) is 0 Å². The van der Waals surface area contributed by atoms with Crippen LogP contribution >= 0.6 is 0 Å². The maximum atomic E-state index is 9.00. The van der Waals surface area contributed by atoms with Crippen molar-refractivity contribution < 1.29 is 19.4 Å². The summed E-state index contributed by atoms with van der Waals surface area (Å²) in [6.45, 7) is 5.08. The largest absolute Gasteiger partial charge is 0.481 e. The fourth-order valence-corrected chi connectivity index (χ4v) is 0. The second-order valence-corrected chi connectivity index (χ2v) is 1.74. The van der Waals surface area contributed by atoms with Gasteiger partial charge in [0.25, 0.3) is 5.97 Å². The molecule has 0 aromatic carbocycles. The van der Waals surface area contributed by atoms with Crippen molar-refractivity contribution in [2.45, 2.75) is 6.92 Å². The van der Waals surface area contributed by atoms with Gasteiger partial charge in [0, 0.05) is 6.92 Å². The molecule has 1 N–H and O–H groups in total. The van der Waals surface area contributed by atoms with Crippen LogP contribution in [0.5, 0.6) is 0 Å². The Morgan fingerprint density at radius 3 is 1.30 bits per heavy atom. The van der Waals surface area contributed by atoms with E-state index in [1.54, 1.807) is 0 Å². The van der Waals surface area contributed by atoms with Crippen LogP contribution in [-0.4, -0.2) is 37.5 Å². The SMILES string of the molecule is C1CO1.C1CO1.CC(=O)O. The maximum absolute atomic E-state index is 9.00. The van der Waals surface area contributed by atoms with Crippen LogP contribution in [0, 0.1) is 0 Å². The topological polar surface area (TPSA) is 62.4 Å². The summed E-state index contributed by atoms with van der Waals surface area (Å²) in [6, 6.07) is 0. The lowest BCUT2D eigenvalue weighted by Gasteiger charge is -1.59. The van der Waals surface area contributed by atoms with E-state index in [1.807, 2.05) is 0 Å². The van der Waals surface area contributed by atoms with E-state index >= 15 is 0 Å². The molecular formula is C6H12O4. The van der Waals surface area contributed by atoms with E-state index < -0.39 is 5.97 Å². The summed E-state index contributed by atoms with van der Waals surface area (Å²) in [5.74, 6) is -0.833. The van der Waals surface area contributed by atoms with Crippen LogP contribution < -0.4 is 0 Å². The summed E-state index contributed by atoms with van der Waals surface area (Å²) < 4.78 is 9.00. The smallest absolute Gasteiger partial charge is 0.300 e. The molecule has 60 valence electrons. The van der Waals surface area contributed by atoms with Crippen LogP contribution in [0.2, 0.25) is 0 Å². The highest BCUT2D eigenvalue weighted by Gasteiger charge is 1.94. The van der Waals surface area contributed by atoms with Gasteiger partial charge >= 0.3 is 0 Å². The van der Waals surface area contributed by atoms with Crippen molar-refractivity contribution in [1.29, 1.82) is 0 Å². The molecule has 2 saturated heterocycles. The average Bonchev–Trinajstić information content (AvgIpc) is 2.62. The Balaban J connectivity index is 0.000000122. The molecule has 4 heteroatoms. The van der Waals surface area contributed by atoms with Gasteiger partial charge in [0.05, 0.1) is 26.4 Å². The normalized spacial score (nSPS) is 16.9. The molecule has 0 saturated carbocycles. The number of ether oxygens (including phenoxy) is 2. The fraction of sp³-hybridized carbons (Fsp3) is 0.833. The highest BCUT2D eigenvalue weighted by molar-refractivity contribution is 5.62. The number of carboxylic acids is 1. The van der Waals surface area contributed by atoms with E-state index in [0.29, 0.717) is 0 Å². The number of hydrogen-bond acceptors (Lipinski definition) is 3. The Morgan fingerprint density at radius 2 is 1.30 bits per heavy atom. The molecule has 0 unspecified atom stereocenters. The first-order valence-corrected chi connectivity index (χ1v) is 3.08. The first-order valence-electron chi connectivity index (χ1n) is 3.08. The van der Waals surface area contributed by atoms with Crippen molar-refractivity contribution in [3.8, 4) is 0 Å². The standard InChI is InChI=1S/C2H4O2.2C2H4O/c1-2(3)4;2*1-2-3-1/h1H3,(H,3,4);2*1-2H2. The maximum Gasteiger partial charge on any atom is 0.300 e. The van der Waals surface area contributed by atoms with Crippen molar-refractivity contribution in [1.82, 2.24) is 0 Å². The van der Waals surface area contributed by atoms with Gasteiger partial charge in [0.1, 0.15) is 0 Å². The van der Waals surface area contributed by atoms with E-state index in [-0.39, 0.29) is 0 Å². The lowest BCUT2D eigenvalue weighted by atomic mass is 10.9. The van der Waals surface area contributed by atoms with Crippen molar-refractivity contribution >= 4 is 5.97 Å². The number of hydrogen-bond donors (Lipinski definition) is 1. The van der Waals surface area contributed by atoms with E-state index in [2.05, 4.69) is 9.47 Å². The summed E-state index contributed by atoms with van der Waals surface area (Å²) in [4.78, 5) is 9.00. The number of epoxide rings is 2. The molecule has 2 rings (SSSR count). The van der Waals surface area contributed by atoms with Gasteiger partial charge in [0.2, 0.25) is 0 Å². The highest BCUT2D eigenvalue weighted by atomic mass is 16.6. The van der Waals surface area contributed by atoms with Gasteiger partial charge in [-0.2, -0.15) is 0 Å². The number of carbonyl (C=O) groups is 1. The van der Waals surface area contributed by atoms with Crippen LogP contribution in [0.1, 0.15) is 6.92 Å². The number of carboxylic acid groups (broad SMARTS) is 1. The van der Waals surface area contributed by atoms with Crippen LogP contribution in [-0.2, 0) is 14.3 Å². The minimum atomic E-state index is -0.833. The Bertz CT molecular complexity index is 72.2. The Hall–Kier alpha value is -0.610. The number of aliphatic carboxylic acids is 1. The summed E-state index contributed by atoms with van der Waals surface area (Å²) in [5, 5.41) is 7.42. The van der Waals surface area contributed by atoms with Crippen LogP contribution in [0.15, 0.2) is 0 Å². The zero-order chi connectivity index (χ0) is 7.82. The molecular weight excluding hydrogens is 136 g/mol. The van der Waals surface area contributed by atoms with Gasteiger partial charge < -0.3 is 14.6 Å². The summed E-state index contributed by atoms with van der Waals surface area (Å²) in [5.41, 5.74) is 0. The third-order valence-corrected chi connectivity index (χ3v) is 0.408.